The number of hydrogen-bond acceptors (Lipinski definition) is 3. The zero-order valence-electron chi connectivity index (χ0n) is 12.2. The highest BCUT2D eigenvalue weighted by molar-refractivity contribution is 6.04. The van der Waals surface area contributed by atoms with Gasteiger partial charge in [0.25, 0.3) is 5.91 Å². The van der Waals surface area contributed by atoms with Gasteiger partial charge in [-0.15, -0.1) is 0 Å². The number of fused-ring (bicyclic) bond motifs is 1. The summed E-state index contributed by atoms with van der Waals surface area (Å²) >= 11 is 0. The van der Waals surface area contributed by atoms with E-state index in [9.17, 15) is 14.4 Å². The summed E-state index contributed by atoms with van der Waals surface area (Å²) in [6.07, 6.45) is 0.438. The lowest BCUT2D eigenvalue weighted by Crippen LogP contribution is -2.48. The molecule has 23 heavy (non-hydrogen) atoms. The molecule has 3 amide bonds. The van der Waals surface area contributed by atoms with E-state index in [0.29, 0.717) is 23.2 Å². The molecule has 1 aliphatic rings. The molecular weight excluding hydrogens is 294 g/mol. The minimum Gasteiger partial charge on any atom is -0.366 e. The average molecular weight is 309 g/mol. The normalized spacial score (nSPS) is 16.2. The van der Waals surface area contributed by atoms with Crippen LogP contribution in [0.4, 0.5) is 5.69 Å². The summed E-state index contributed by atoms with van der Waals surface area (Å²) in [7, 11) is 0. The standard InChI is InChI=1S/C17H15N3O3/c18-15(21)10-5-7-12(8-6-10)19-17(23)14-9-11-3-1-2-4-13(11)16(22)20-14/h1-8,14H,9H2,(H2,18,21)(H,19,23)(H,20,22). The molecule has 0 bridgehead atoms. The first kappa shape index (κ1) is 14.8. The van der Waals surface area contributed by atoms with Crippen LogP contribution in [0.25, 0.3) is 0 Å². The van der Waals surface area contributed by atoms with Gasteiger partial charge >= 0.3 is 0 Å². The maximum Gasteiger partial charge on any atom is 0.252 e. The summed E-state index contributed by atoms with van der Waals surface area (Å²) in [5, 5.41) is 5.42. The lowest BCUT2D eigenvalue weighted by molar-refractivity contribution is -0.118. The molecule has 1 atom stereocenters. The third kappa shape index (κ3) is 3.06. The van der Waals surface area contributed by atoms with Crippen LogP contribution in [0.2, 0.25) is 0 Å². The van der Waals surface area contributed by atoms with Gasteiger partial charge in [0.05, 0.1) is 0 Å². The number of nitrogens with two attached hydrogens (primary N) is 1. The molecule has 1 unspecified atom stereocenters. The highest BCUT2D eigenvalue weighted by Gasteiger charge is 2.28. The van der Waals surface area contributed by atoms with Crippen molar-refractivity contribution in [2.75, 3.05) is 5.32 Å². The van der Waals surface area contributed by atoms with Crippen molar-refractivity contribution >= 4 is 23.4 Å². The number of nitrogens with one attached hydrogen (secondary N) is 2. The predicted molar refractivity (Wildman–Crippen MR) is 85.0 cm³/mol. The monoisotopic (exact) mass is 309 g/mol. The van der Waals surface area contributed by atoms with Gasteiger partial charge in [-0.3, -0.25) is 14.4 Å². The van der Waals surface area contributed by atoms with Gasteiger partial charge < -0.3 is 16.4 Å². The van der Waals surface area contributed by atoms with Crippen molar-refractivity contribution in [3.8, 4) is 0 Å². The Bertz CT molecular complexity index is 784. The van der Waals surface area contributed by atoms with Crippen LogP contribution in [-0.2, 0) is 11.2 Å². The number of benzene rings is 2. The summed E-state index contributed by atoms with van der Waals surface area (Å²) < 4.78 is 0. The fourth-order valence-corrected chi connectivity index (χ4v) is 2.53. The number of hydrogen-bond donors (Lipinski definition) is 3. The molecule has 0 aromatic heterocycles. The Hall–Kier alpha value is -3.15. The Labute approximate surface area is 132 Å². The fraction of sp³-hybridized carbons (Fsp3) is 0.118. The SMILES string of the molecule is NC(=O)c1ccc(NC(=O)C2Cc3ccccc3C(=O)N2)cc1. The molecule has 2 aromatic rings. The Balaban J connectivity index is 1.72. The van der Waals surface area contributed by atoms with Crippen LogP contribution in [0.3, 0.4) is 0 Å². The topological polar surface area (TPSA) is 101 Å². The van der Waals surface area contributed by atoms with E-state index in [2.05, 4.69) is 10.6 Å². The van der Waals surface area contributed by atoms with Gasteiger partial charge in [-0.25, -0.2) is 0 Å². The van der Waals surface area contributed by atoms with Crippen molar-refractivity contribution in [1.82, 2.24) is 5.32 Å². The zero-order valence-corrected chi connectivity index (χ0v) is 12.2. The van der Waals surface area contributed by atoms with Crippen molar-refractivity contribution < 1.29 is 14.4 Å². The molecule has 3 rings (SSSR count). The van der Waals surface area contributed by atoms with E-state index in [1.54, 1.807) is 24.3 Å². The van der Waals surface area contributed by atoms with Crippen LogP contribution < -0.4 is 16.4 Å². The van der Waals surface area contributed by atoms with Gasteiger partial charge in [0.1, 0.15) is 6.04 Å². The summed E-state index contributed by atoms with van der Waals surface area (Å²) in [5.41, 5.74) is 7.51. The van der Waals surface area contributed by atoms with E-state index in [1.165, 1.54) is 12.1 Å². The molecule has 0 saturated carbocycles. The van der Waals surface area contributed by atoms with E-state index in [1.807, 2.05) is 12.1 Å². The Morgan fingerprint density at radius 2 is 1.78 bits per heavy atom. The molecule has 0 aliphatic carbocycles. The summed E-state index contributed by atoms with van der Waals surface area (Å²) in [6, 6.07) is 12.8. The van der Waals surface area contributed by atoms with Crippen LogP contribution in [0.5, 0.6) is 0 Å². The van der Waals surface area contributed by atoms with E-state index in [4.69, 9.17) is 5.73 Å². The maximum atomic E-state index is 12.3. The van der Waals surface area contributed by atoms with E-state index >= 15 is 0 Å². The number of carbonyl (C=O) groups is 3. The highest BCUT2D eigenvalue weighted by atomic mass is 16.2. The lowest BCUT2D eigenvalue weighted by atomic mass is 9.95. The number of anilines is 1. The Morgan fingerprint density at radius 1 is 1.09 bits per heavy atom. The number of primary amides is 1. The third-order valence-electron chi connectivity index (χ3n) is 3.74. The fourth-order valence-electron chi connectivity index (χ4n) is 2.53. The molecular formula is C17H15N3O3. The molecule has 1 heterocycles. The third-order valence-corrected chi connectivity index (χ3v) is 3.74. The summed E-state index contributed by atoms with van der Waals surface area (Å²) in [6.45, 7) is 0. The highest BCUT2D eigenvalue weighted by Crippen LogP contribution is 2.18. The van der Waals surface area contributed by atoms with E-state index in [-0.39, 0.29) is 11.8 Å². The minimum atomic E-state index is -0.631. The number of amides is 3. The number of carbonyl (C=O) groups excluding carboxylic acids is 3. The maximum absolute atomic E-state index is 12.3. The second-order valence-corrected chi connectivity index (χ2v) is 5.32. The van der Waals surface area contributed by atoms with Gasteiger partial charge in [-0.2, -0.15) is 0 Å². The smallest absolute Gasteiger partial charge is 0.252 e. The first-order valence-corrected chi connectivity index (χ1v) is 7.14. The van der Waals surface area contributed by atoms with Crippen molar-refractivity contribution in [2.45, 2.75) is 12.5 Å². The predicted octanol–water partition coefficient (Wildman–Crippen LogP) is 1.08. The largest absolute Gasteiger partial charge is 0.366 e. The molecule has 0 radical (unpaired) electrons. The Morgan fingerprint density at radius 3 is 2.48 bits per heavy atom. The number of rotatable bonds is 3. The Kier molecular flexibility index (Phi) is 3.80. The van der Waals surface area contributed by atoms with Crippen molar-refractivity contribution in [3.63, 3.8) is 0 Å². The first-order chi connectivity index (χ1) is 11.0. The molecule has 0 fully saturated rings. The molecule has 116 valence electrons. The molecule has 4 N–H and O–H groups in total. The molecule has 6 heteroatoms. The molecule has 2 aromatic carbocycles. The van der Waals surface area contributed by atoms with E-state index in [0.717, 1.165) is 5.56 Å². The molecule has 0 saturated heterocycles. The molecule has 0 spiro atoms. The van der Waals surface area contributed by atoms with Crippen LogP contribution in [-0.4, -0.2) is 23.8 Å². The van der Waals surface area contributed by atoms with Gasteiger partial charge in [0, 0.05) is 23.2 Å². The second kappa shape index (κ2) is 5.92. The van der Waals surface area contributed by atoms with Gasteiger partial charge in [-0.05, 0) is 35.9 Å². The summed E-state index contributed by atoms with van der Waals surface area (Å²) in [4.78, 5) is 35.4. The first-order valence-electron chi connectivity index (χ1n) is 7.14. The van der Waals surface area contributed by atoms with Crippen LogP contribution >= 0.6 is 0 Å². The van der Waals surface area contributed by atoms with Gasteiger partial charge in [-0.1, -0.05) is 18.2 Å². The minimum absolute atomic E-state index is 0.254. The van der Waals surface area contributed by atoms with Crippen LogP contribution in [0.15, 0.2) is 48.5 Å². The van der Waals surface area contributed by atoms with Crippen LogP contribution in [0.1, 0.15) is 26.3 Å². The van der Waals surface area contributed by atoms with Crippen molar-refractivity contribution in [2.24, 2.45) is 5.73 Å². The zero-order chi connectivity index (χ0) is 16.4. The lowest BCUT2D eigenvalue weighted by Gasteiger charge is -2.24. The molecule has 1 aliphatic heterocycles. The van der Waals surface area contributed by atoms with Gasteiger partial charge in [0.15, 0.2) is 0 Å². The quantitative estimate of drug-likeness (QED) is 0.790. The average Bonchev–Trinajstić information content (AvgIpc) is 2.55. The van der Waals surface area contributed by atoms with Crippen molar-refractivity contribution in [3.05, 3.63) is 65.2 Å². The van der Waals surface area contributed by atoms with E-state index < -0.39 is 11.9 Å². The summed E-state index contributed by atoms with van der Waals surface area (Å²) in [5.74, 6) is -1.09. The molecule has 6 nitrogen and oxygen atoms in total. The van der Waals surface area contributed by atoms with Crippen molar-refractivity contribution in [1.29, 1.82) is 0 Å². The second-order valence-electron chi connectivity index (χ2n) is 5.32. The van der Waals surface area contributed by atoms with Gasteiger partial charge in [0.2, 0.25) is 11.8 Å². The van der Waals surface area contributed by atoms with Crippen LogP contribution in [0, 0.1) is 0 Å².